The van der Waals surface area contributed by atoms with Crippen LogP contribution >= 0.6 is 22.6 Å². The molecule has 2 aromatic rings. The van der Waals surface area contributed by atoms with E-state index in [0.29, 0.717) is 12.4 Å². The molecular weight excluding hydrogens is 327 g/mol. The van der Waals surface area contributed by atoms with Crippen molar-refractivity contribution in [3.8, 4) is 5.88 Å². The van der Waals surface area contributed by atoms with Gasteiger partial charge < -0.3 is 10.1 Å². The van der Waals surface area contributed by atoms with Crippen LogP contribution in [-0.2, 0) is 6.54 Å². The standard InChI is InChI=1S/C13H13IN2O/c1-17-13-8-4-5-10(16-13)9-15-12-7-3-2-6-11(12)14/h2-8,15H,9H2,1H3. The number of rotatable bonds is 4. The first kappa shape index (κ1) is 12.2. The Hall–Kier alpha value is -1.30. The van der Waals surface area contributed by atoms with E-state index in [1.165, 1.54) is 3.57 Å². The third-order valence-corrected chi connectivity index (χ3v) is 3.26. The van der Waals surface area contributed by atoms with Gasteiger partial charge in [-0.3, -0.25) is 0 Å². The molecule has 0 bridgehead atoms. The van der Waals surface area contributed by atoms with Crippen molar-refractivity contribution in [1.29, 1.82) is 0 Å². The molecule has 0 saturated heterocycles. The molecular formula is C13H13IN2O. The lowest BCUT2D eigenvalue weighted by Gasteiger charge is -2.08. The van der Waals surface area contributed by atoms with Crippen molar-refractivity contribution >= 4 is 28.3 Å². The molecule has 0 aliphatic carbocycles. The number of ether oxygens (including phenoxy) is 1. The second-order valence-corrected chi connectivity index (χ2v) is 4.67. The van der Waals surface area contributed by atoms with E-state index in [4.69, 9.17) is 4.74 Å². The molecule has 0 radical (unpaired) electrons. The van der Waals surface area contributed by atoms with Crippen LogP contribution in [0.1, 0.15) is 5.69 Å². The van der Waals surface area contributed by atoms with E-state index in [0.717, 1.165) is 11.4 Å². The zero-order valence-corrected chi connectivity index (χ0v) is 11.6. The third kappa shape index (κ3) is 3.33. The minimum Gasteiger partial charge on any atom is -0.481 e. The van der Waals surface area contributed by atoms with Gasteiger partial charge in [0.15, 0.2) is 0 Å². The van der Waals surface area contributed by atoms with E-state index in [1.807, 2.05) is 30.3 Å². The maximum atomic E-state index is 5.09. The average Bonchev–Trinajstić information content (AvgIpc) is 2.38. The predicted molar refractivity (Wildman–Crippen MR) is 77.3 cm³/mol. The number of nitrogens with zero attached hydrogens (tertiary/aromatic N) is 1. The van der Waals surface area contributed by atoms with E-state index in [2.05, 4.69) is 45.0 Å². The number of methoxy groups -OCH3 is 1. The molecule has 0 aliphatic heterocycles. The zero-order chi connectivity index (χ0) is 12.1. The van der Waals surface area contributed by atoms with E-state index in [9.17, 15) is 0 Å². The summed E-state index contributed by atoms with van der Waals surface area (Å²) in [6.07, 6.45) is 0. The molecule has 0 atom stereocenters. The quantitative estimate of drug-likeness (QED) is 0.868. The fourth-order valence-electron chi connectivity index (χ4n) is 1.46. The van der Waals surface area contributed by atoms with Crippen LogP contribution in [0.25, 0.3) is 0 Å². The smallest absolute Gasteiger partial charge is 0.213 e. The number of anilines is 1. The third-order valence-electron chi connectivity index (χ3n) is 2.32. The van der Waals surface area contributed by atoms with Crippen molar-refractivity contribution in [3.05, 3.63) is 51.7 Å². The van der Waals surface area contributed by atoms with Crippen molar-refractivity contribution < 1.29 is 4.74 Å². The van der Waals surface area contributed by atoms with Gasteiger partial charge in [-0.05, 0) is 40.8 Å². The number of para-hydroxylation sites is 1. The highest BCUT2D eigenvalue weighted by Gasteiger charge is 2.00. The van der Waals surface area contributed by atoms with Gasteiger partial charge in [-0.15, -0.1) is 0 Å². The van der Waals surface area contributed by atoms with Crippen molar-refractivity contribution in [2.45, 2.75) is 6.54 Å². The van der Waals surface area contributed by atoms with Gasteiger partial charge in [-0.1, -0.05) is 18.2 Å². The first-order chi connectivity index (χ1) is 8.29. The highest BCUT2D eigenvalue weighted by molar-refractivity contribution is 14.1. The van der Waals surface area contributed by atoms with E-state index < -0.39 is 0 Å². The van der Waals surface area contributed by atoms with Crippen LogP contribution in [0.3, 0.4) is 0 Å². The number of aromatic nitrogens is 1. The molecule has 4 heteroatoms. The van der Waals surface area contributed by atoms with E-state index in [-0.39, 0.29) is 0 Å². The monoisotopic (exact) mass is 340 g/mol. The second kappa shape index (κ2) is 5.86. The largest absolute Gasteiger partial charge is 0.481 e. The van der Waals surface area contributed by atoms with Crippen LogP contribution in [0.4, 0.5) is 5.69 Å². The Kier molecular flexibility index (Phi) is 4.19. The normalized spacial score (nSPS) is 10.0. The molecule has 0 saturated carbocycles. The molecule has 3 nitrogen and oxygen atoms in total. The number of hydrogen-bond acceptors (Lipinski definition) is 3. The van der Waals surface area contributed by atoms with Crippen LogP contribution in [0.15, 0.2) is 42.5 Å². The topological polar surface area (TPSA) is 34.1 Å². The first-order valence-corrected chi connectivity index (χ1v) is 6.36. The molecule has 88 valence electrons. The molecule has 1 N–H and O–H groups in total. The van der Waals surface area contributed by atoms with Gasteiger partial charge in [-0.25, -0.2) is 4.98 Å². The Morgan fingerprint density at radius 2 is 2.00 bits per heavy atom. The van der Waals surface area contributed by atoms with Crippen molar-refractivity contribution in [3.63, 3.8) is 0 Å². The summed E-state index contributed by atoms with van der Waals surface area (Å²) in [5.74, 6) is 0.645. The fraction of sp³-hybridized carbons (Fsp3) is 0.154. The highest BCUT2D eigenvalue weighted by atomic mass is 127. The summed E-state index contributed by atoms with van der Waals surface area (Å²) >= 11 is 2.31. The minimum absolute atomic E-state index is 0.645. The molecule has 0 amide bonds. The molecule has 0 spiro atoms. The lowest BCUT2D eigenvalue weighted by Crippen LogP contribution is -2.03. The fourth-order valence-corrected chi connectivity index (χ4v) is 2.04. The maximum absolute atomic E-state index is 5.09. The lowest BCUT2D eigenvalue weighted by molar-refractivity contribution is 0.396. The molecule has 0 aliphatic rings. The summed E-state index contributed by atoms with van der Waals surface area (Å²) in [5, 5.41) is 3.35. The second-order valence-electron chi connectivity index (χ2n) is 3.50. The van der Waals surface area contributed by atoms with Gasteiger partial charge in [0, 0.05) is 15.3 Å². The number of pyridine rings is 1. The summed E-state index contributed by atoms with van der Waals surface area (Å²) in [5.41, 5.74) is 2.08. The maximum Gasteiger partial charge on any atom is 0.213 e. The first-order valence-electron chi connectivity index (χ1n) is 5.28. The minimum atomic E-state index is 0.645. The summed E-state index contributed by atoms with van der Waals surface area (Å²) in [6.45, 7) is 0.692. The molecule has 1 heterocycles. The van der Waals surface area contributed by atoms with Crippen LogP contribution in [-0.4, -0.2) is 12.1 Å². The molecule has 0 unspecified atom stereocenters. The average molecular weight is 340 g/mol. The Labute approximate surface area is 114 Å². The summed E-state index contributed by atoms with van der Waals surface area (Å²) < 4.78 is 6.29. The van der Waals surface area contributed by atoms with Crippen LogP contribution in [0, 0.1) is 3.57 Å². The summed E-state index contributed by atoms with van der Waals surface area (Å²) in [4.78, 5) is 4.35. The summed E-state index contributed by atoms with van der Waals surface area (Å²) in [6, 6.07) is 13.9. The van der Waals surface area contributed by atoms with E-state index >= 15 is 0 Å². The van der Waals surface area contributed by atoms with Gasteiger partial charge in [-0.2, -0.15) is 0 Å². The zero-order valence-electron chi connectivity index (χ0n) is 9.48. The lowest BCUT2D eigenvalue weighted by atomic mass is 10.3. The Bertz CT molecular complexity index is 502. The molecule has 1 aromatic carbocycles. The summed E-state index contributed by atoms with van der Waals surface area (Å²) in [7, 11) is 1.62. The molecule has 17 heavy (non-hydrogen) atoms. The number of nitrogens with one attached hydrogen (secondary N) is 1. The van der Waals surface area contributed by atoms with Gasteiger partial charge in [0.2, 0.25) is 5.88 Å². The van der Waals surface area contributed by atoms with Gasteiger partial charge in [0.1, 0.15) is 0 Å². The van der Waals surface area contributed by atoms with Crippen molar-refractivity contribution in [2.75, 3.05) is 12.4 Å². The van der Waals surface area contributed by atoms with Gasteiger partial charge in [0.05, 0.1) is 19.3 Å². The molecule has 2 rings (SSSR count). The Balaban J connectivity index is 2.05. The van der Waals surface area contributed by atoms with Gasteiger partial charge in [0.25, 0.3) is 0 Å². The predicted octanol–water partition coefficient (Wildman–Crippen LogP) is 3.31. The van der Waals surface area contributed by atoms with Crippen LogP contribution in [0.5, 0.6) is 5.88 Å². The SMILES string of the molecule is COc1cccc(CNc2ccccc2I)n1. The van der Waals surface area contributed by atoms with Crippen molar-refractivity contribution in [1.82, 2.24) is 4.98 Å². The Morgan fingerprint density at radius 1 is 1.18 bits per heavy atom. The van der Waals surface area contributed by atoms with Crippen LogP contribution in [0.2, 0.25) is 0 Å². The van der Waals surface area contributed by atoms with Gasteiger partial charge >= 0.3 is 0 Å². The molecule has 0 fully saturated rings. The molecule has 1 aromatic heterocycles. The highest BCUT2D eigenvalue weighted by Crippen LogP contribution is 2.17. The van der Waals surface area contributed by atoms with Crippen molar-refractivity contribution in [2.24, 2.45) is 0 Å². The Morgan fingerprint density at radius 3 is 2.76 bits per heavy atom. The van der Waals surface area contributed by atoms with E-state index in [1.54, 1.807) is 7.11 Å². The van der Waals surface area contributed by atoms with Crippen LogP contribution < -0.4 is 10.1 Å². The number of halogens is 1. The number of hydrogen-bond donors (Lipinski definition) is 1. The number of benzene rings is 1.